The summed E-state index contributed by atoms with van der Waals surface area (Å²) in [5.41, 5.74) is 1.61. The maximum atomic E-state index is 12.6. The van der Waals surface area contributed by atoms with E-state index in [-0.39, 0.29) is 0 Å². The summed E-state index contributed by atoms with van der Waals surface area (Å²) in [5, 5.41) is 4.20. The molecular weight excluding hydrogens is 334 g/mol. The summed E-state index contributed by atoms with van der Waals surface area (Å²) in [6, 6.07) is 3.62. The first-order chi connectivity index (χ1) is 10.8. The first-order valence-electron chi connectivity index (χ1n) is 7.04. The minimum atomic E-state index is -0.561. The van der Waals surface area contributed by atoms with Crippen molar-refractivity contribution < 1.29 is 9.59 Å². The molecular formula is C16H18ClN3O2S. The fraction of sp³-hybridized carbons (Fsp3) is 0.312. The van der Waals surface area contributed by atoms with Gasteiger partial charge < -0.3 is 4.90 Å². The second-order valence-electron chi connectivity index (χ2n) is 5.18. The molecule has 122 valence electrons. The van der Waals surface area contributed by atoms with Gasteiger partial charge in [-0.15, -0.1) is 17.9 Å². The van der Waals surface area contributed by atoms with Gasteiger partial charge in [-0.2, -0.15) is 5.10 Å². The Bertz CT molecular complexity index is 763. The number of hydrogen-bond acceptors (Lipinski definition) is 4. The van der Waals surface area contributed by atoms with E-state index in [0.29, 0.717) is 34.4 Å². The van der Waals surface area contributed by atoms with Gasteiger partial charge in [-0.3, -0.25) is 14.3 Å². The van der Waals surface area contributed by atoms with Gasteiger partial charge >= 0.3 is 0 Å². The maximum Gasteiger partial charge on any atom is 0.295 e. The lowest BCUT2D eigenvalue weighted by Crippen LogP contribution is -2.36. The van der Waals surface area contributed by atoms with Crippen LogP contribution in [0.1, 0.15) is 26.6 Å². The summed E-state index contributed by atoms with van der Waals surface area (Å²) in [6.45, 7) is 7.77. The van der Waals surface area contributed by atoms with Gasteiger partial charge in [0, 0.05) is 24.2 Å². The minimum absolute atomic E-state index is 0.290. The number of Topliss-reactive ketones (excluding diaryl/α,β-unsaturated/α-hetero) is 1. The Kier molecular flexibility index (Phi) is 5.38. The summed E-state index contributed by atoms with van der Waals surface area (Å²) in [6.07, 6.45) is 1.60. The molecule has 2 aromatic heterocycles. The van der Waals surface area contributed by atoms with Gasteiger partial charge in [0.25, 0.3) is 11.7 Å². The quantitative estimate of drug-likeness (QED) is 0.456. The molecule has 2 heterocycles. The van der Waals surface area contributed by atoms with Crippen LogP contribution in [0.5, 0.6) is 0 Å². The summed E-state index contributed by atoms with van der Waals surface area (Å²) in [7, 11) is 1.75. The van der Waals surface area contributed by atoms with E-state index in [1.165, 1.54) is 16.2 Å². The van der Waals surface area contributed by atoms with Crippen LogP contribution in [0.25, 0.3) is 0 Å². The van der Waals surface area contributed by atoms with E-state index in [0.717, 1.165) is 4.88 Å². The molecule has 0 fully saturated rings. The van der Waals surface area contributed by atoms with Crippen molar-refractivity contribution in [2.75, 3.05) is 6.54 Å². The zero-order chi connectivity index (χ0) is 17.1. The fourth-order valence-corrected chi connectivity index (χ4v) is 3.46. The summed E-state index contributed by atoms with van der Waals surface area (Å²) < 4.78 is 2.25. The van der Waals surface area contributed by atoms with Crippen molar-refractivity contribution in [3.05, 3.63) is 51.0 Å². The number of aromatic nitrogens is 2. The van der Waals surface area contributed by atoms with Crippen LogP contribution in [-0.4, -0.2) is 32.9 Å². The van der Waals surface area contributed by atoms with E-state index >= 15 is 0 Å². The van der Waals surface area contributed by atoms with Crippen molar-refractivity contribution in [2.24, 2.45) is 7.05 Å². The van der Waals surface area contributed by atoms with Crippen LogP contribution in [0.15, 0.2) is 24.8 Å². The van der Waals surface area contributed by atoms with E-state index < -0.39 is 11.7 Å². The summed E-state index contributed by atoms with van der Waals surface area (Å²) in [5.74, 6) is -1.11. The van der Waals surface area contributed by atoms with Crippen LogP contribution < -0.4 is 0 Å². The molecule has 5 nitrogen and oxygen atoms in total. The summed E-state index contributed by atoms with van der Waals surface area (Å²) >= 11 is 7.31. The molecule has 0 saturated heterocycles. The van der Waals surface area contributed by atoms with Crippen LogP contribution >= 0.6 is 22.9 Å². The predicted molar refractivity (Wildman–Crippen MR) is 92.0 cm³/mol. The smallest absolute Gasteiger partial charge is 0.295 e. The van der Waals surface area contributed by atoms with Crippen molar-refractivity contribution in [2.45, 2.75) is 20.4 Å². The highest BCUT2D eigenvalue weighted by atomic mass is 35.5. The Labute approximate surface area is 144 Å². The molecule has 0 bridgehead atoms. The van der Waals surface area contributed by atoms with Gasteiger partial charge in [0.2, 0.25) is 0 Å². The lowest BCUT2D eigenvalue weighted by atomic mass is 10.1. The standard InChI is InChI=1S/C16H18ClN3O2S/c1-5-8-20(9-12-6-7-13(17)23-12)16(22)15(21)14-10(2)18-19(4)11(14)3/h5-7H,1,8-9H2,2-4H3. The number of halogens is 1. The third-order valence-electron chi connectivity index (χ3n) is 3.54. The fourth-order valence-electron chi connectivity index (χ4n) is 2.35. The predicted octanol–water partition coefficient (Wildman–Crippen LogP) is 3.15. The second-order valence-corrected chi connectivity index (χ2v) is 6.98. The Balaban J connectivity index is 2.26. The van der Waals surface area contributed by atoms with Gasteiger partial charge in [0.1, 0.15) is 0 Å². The number of rotatable bonds is 6. The zero-order valence-corrected chi connectivity index (χ0v) is 14.9. The topological polar surface area (TPSA) is 55.2 Å². The van der Waals surface area contributed by atoms with Crippen molar-refractivity contribution in [3.63, 3.8) is 0 Å². The number of aryl methyl sites for hydroxylation is 2. The molecule has 23 heavy (non-hydrogen) atoms. The van der Waals surface area contributed by atoms with Crippen LogP contribution in [0, 0.1) is 13.8 Å². The number of carbonyl (C=O) groups excluding carboxylic acids is 2. The van der Waals surface area contributed by atoms with E-state index in [4.69, 9.17) is 11.6 Å². The third kappa shape index (κ3) is 3.71. The van der Waals surface area contributed by atoms with Gasteiger partial charge in [0.15, 0.2) is 0 Å². The zero-order valence-electron chi connectivity index (χ0n) is 13.3. The highest BCUT2D eigenvalue weighted by Gasteiger charge is 2.28. The maximum absolute atomic E-state index is 12.6. The highest BCUT2D eigenvalue weighted by molar-refractivity contribution is 7.16. The Morgan fingerprint density at radius 1 is 1.43 bits per heavy atom. The molecule has 0 atom stereocenters. The number of amides is 1. The molecule has 0 radical (unpaired) electrons. The van der Waals surface area contributed by atoms with E-state index in [1.807, 2.05) is 6.07 Å². The number of hydrogen-bond donors (Lipinski definition) is 0. The molecule has 0 saturated carbocycles. The molecule has 0 aliphatic rings. The molecule has 0 spiro atoms. The van der Waals surface area contributed by atoms with E-state index in [9.17, 15) is 9.59 Å². The number of ketones is 1. The van der Waals surface area contributed by atoms with E-state index in [1.54, 1.807) is 37.7 Å². The molecule has 0 aliphatic carbocycles. The van der Waals surface area contributed by atoms with Crippen LogP contribution in [-0.2, 0) is 18.4 Å². The minimum Gasteiger partial charge on any atom is -0.327 e. The lowest BCUT2D eigenvalue weighted by molar-refractivity contribution is -0.126. The SMILES string of the molecule is C=CCN(Cc1ccc(Cl)s1)C(=O)C(=O)c1c(C)nn(C)c1C. The average molecular weight is 352 g/mol. The third-order valence-corrected chi connectivity index (χ3v) is 4.76. The van der Waals surface area contributed by atoms with Gasteiger partial charge in [-0.25, -0.2) is 0 Å². The van der Waals surface area contributed by atoms with Crippen molar-refractivity contribution in [1.82, 2.24) is 14.7 Å². The van der Waals surface area contributed by atoms with Gasteiger partial charge in [-0.1, -0.05) is 17.7 Å². The van der Waals surface area contributed by atoms with E-state index in [2.05, 4.69) is 11.7 Å². The molecule has 0 unspecified atom stereocenters. The number of thiophene rings is 1. The van der Waals surface area contributed by atoms with Crippen molar-refractivity contribution >= 4 is 34.6 Å². The van der Waals surface area contributed by atoms with Gasteiger partial charge in [-0.05, 0) is 26.0 Å². The molecule has 0 N–H and O–H groups in total. The van der Waals surface area contributed by atoms with Crippen LogP contribution in [0.4, 0.5) is 0 Å². The lowest BCUT2D eigenvalue weighted by Gasteiger charge is -2.19. The molecule has 0 aliphatic heterocycles. The van der Waals surface area contributed by atoms with Crippen molar-refractivity contribution in [1.29, 1.82) is 0 Å². The Morgan fingerprint density at radius 2 is 2.13 bits per heavy atom. The van der Waals surface area contributed by atoms with Crippen LogP contribution in [0.2, 0.25) is 4.34 Å². The second kappa shape index (κ2) is 7.10. The molecule has 2 aromatic rings. The largest absolute Gasteiger partial charge is 0.327 e. The molecule has 0 aromatic carbocycles. The van der Waals surface area contributed by atoms with Crippen molar-refractivity contribution in [3.8, 4) is 0 Å². The molecule has 7 heteroatoms. The first-order valence-corrected chi connectivity index (χ1v) is 8.23. The normalized spacial score (nSPS) is 10.6. The number of carbonyl (C=O) groups is 2. The average Bonchev–Trinajstić information content (AvgIpc) is 3.01. The highest BCUT2D eigenvalue weighted by Crippen LogP contribution is 2.23. The monoisotopic (exact) mass is 351 g/mol. The van der Waals surface area contributed by atoms with Crippen LogP contribution in [0.3, 0.4) is 0 Å². The Morgan fingerprint density at radius 3 is 2.61 bits per heavy atom. The molecule has 2 rings (SSSR count). The van der Waals surface area contributed by atoms with Gasteiger partial charge in [0.05, 0.1) is 22.1 Å². The summed E-state index contributed by atoms with van der Waals surface area (Å²) in [4.78, 5) is 27.6. The Hall–Kier alpha value is -1.92. The molecule has 1 amide bonds. The first kappa shape index (κ1) is 17.4. The number of nitrogens with zero attached hydrogens (tertiary/aromatic N) is 3.